The average Bonchev–Trinajstić information content (AvgIpc) is 2.94. The number of hydrogen-bond donors (Lipinski definition) is 1. The summed E-state index contributed by atoms with van der Waals surface area (Å²) < 4.78 is 12.2. The lowest BCUT2D eigenvalue weighted by atomic mass is 9.94. The molecule has 0 unspecified atom stereocenters. The van der Waals surface area contributed by atoms with E-state index < -0.39 is 8.24 Å². The monoisotopic (exact) mass is 456 g/mol. The molecule has 0 aliphatic heterocycles. The molecule has 1 aromatic heterocycles. The molecular formula is C28H41O3P. The van der Waals surface area contributed by atoms with E-state index in [1.807, 2.05) is 0 Å². The zero-order valence-corrected chi connectivity index (χ0v) is 21.4. The Labute approximate surface area is 194 Å². The van der Waals surface area contributed by atoms with Crippen molar-refractivity contribution in [3.63, 3.8) is 0 Å². The molecule has 176 valence electrons. The highest BCUT2D eigenvalue weighted by Crippen LogP contribution is 2.38. The van der Waals surface area contributed by atoms with Crippen LogP contribution in [0.2, 0.25) is 0 Å². The van der Waals surface area contributed by atoms with Crippen molar-refractivity contribution in [3.05, 3.63) is 46.5 Å². The Bertz CT molecular complexity index is 969. The molecule has 0 bridgehead atoms. The largest absolute Gasteiger partial charge is 0.399 e. The Kier molecular flexibility index (Phi) is 9.75. The van der Waals surface area contributed by atoms with Crippen molar-refractivity contribution in [2.75, 3.05) is 0 Å². The molecule has 3 rings (SSSR count). The van der Waals surface area contributed by atoms with Gasteiger partial charge in [0.15, 0.2) is 0 Å². The lowest BCUT2D eigenvalue weighted by Gasteiger charge is -2.11. The van der Waals surface area contributed by atoms with Crippen molar-refractivity contribution in [2.45, 2.75) is 105 Å². The van der Waals surface area contributed by atoms with Gasteiger partial charge in [0.2, 0.25) is 0 Å². The summed E-state index contributed by atoms with van der Waals surface area (Å²) in [5, 5.41) is 2.21. The fraction of sp³-hybridized carbons (Fsp3) is 0.571. The van der Waals surface area contributed by atoms with Gasteiger partial charge in [-0.25, -0.2) is 0 Å². The summed E-state index contributed by atoms with van der Waals surface area (Å²) in [6.45, 7) is 8.93. The van der Waals surface area contributed by atoms with Crippen LogP contribution in [-0.4, -0.2) is 4.89 Å². The maximum Gasteiger partial charge on any atom is 0.384 e. The van der Waals surface area contributed by atoms with Crippen LogP contribution in [0.5, 0.6) is 0 Å². The fourth-order valence-electron chi connectivity index (χ4n) is 4.46. The lowest BCUT2D eigenvalue weighted by Crippen LogP contribution is -1.94. The number of benzene rings is 2. The molecule has 0 radical (unpaired) electrons. The van der Waals surface area contributed by atoms with E-state index in [1.165, 1.54) is 47.9 Å². The highest BCUT2D eigenvalue weighted by atomic mass is 31.1. The molecule has 0 saturated heterocycles. The zero-order chi connectivity index (χ0) is 22.9. The SMILES string of the molecule is CCCCc1cc(CCCC)c2op(O)oc3c(CCCC)cc(CCCC)cc3c2c1. The first-order valence-corrected chi connectivity index (χ1v) is 13.9. The number of fused-ring (bicyclic) bond motifs is 3. The Morgan fingerprint density at radius 1 is 0.594 bits per heavy atom. The number of rotatable bonds is 12. The summed E-state index contributed by atoms with van der Waals surface area (Å²) in [5.41, 5.74) is 6.82. The van der Waals surface area contributed by atoms with Crippen LogP contribution >= 0.6 is 8.24 Å². The molecule has 4 heteroatoms. The summed E-state index contributed by atoms with van der Waals surface area (Å²) in [5.74, 6) is 0. The van der Waals surface area contributed by atoms with E-state index in [4.69, 9.17) is 8.39 Å². The van der Waals surface area contributed by atoms with Crippen LogP contribution < -0.4 is 0 Å². The van der Waals surface area contributed by atoms with E-state index in [1.54, 1.807) is 0 Å². The van der Waals surface area contributed by atoms with Gasteiger partial charge >= 0.3 is 8.24 Å². The molecule has 3 nitrogen and oxygen atoms in total. The third-order valence-electron chi connectivity index (χ3n) is 6.32. The van der Waals surface area contributed by atoms with Crippen molar-refractivity contribution in [1.82, 2.24) is 0 Å². The molecule has 0 atom stereocenters. The van der Waals surface area contributed by atoms with E-state index >= 15 is 0 Å². The third kappa shape index (κ3) is 6.21. The van der Waals surface area contributed by atoms with Gasteiger partial charge in [-0.2, -0.15) is 0 Å². The summed E-state index contributed by atoms with van der Waals surface area (Å²) in [7, 11) is -2.00. The summed E-state index contributed by atoms with van der Waals surface area (Å²) in [6, 6.07) is 9.20. The lowest BCUT2D eigenvalue weighted by molar-refractivity contribution is 0.493. The standard InChI is InChI=1S/C28H41O3P/c1-5-9-13-21-17-23(15-11-7-3)27-25(19-21)26-20-22(14-10-6-2)18-24(16-12-8-4)28(26)31-32(29)30-27/h17-20,29H,5-16H2,1-4H3. The van der Waals surface area contributed by atoms with Gasteiger partial charge in [-0.15, -0.1) is 0 Å². The van der Waals surface area contributed by atoms with Crippen molar-refractivity contribution in [3.8, 4) is 0 Å². The quantitative estimate of drug-likeness (QED) is 0.295. The van der Waals surface area contributed by atoms with Crippen molar-refractivity contribution in [2.24, 2.45) is 0 Å². The molecule has 0 fully saturated rings. The Morgan fingerprint density at radius 3 is 1.34 bits per heavy atom. The van der Waals surface area contributed by atoms with Crippen molar-refractivity contribution < 1.29 is 13.3 Å². The number of aryl methyl sites for hydroxylation is 4. The first kappa shape index (κ1) is 24.9. The molecular weight excluding hydrogens is 415 g/mol. The zero-order valence-electron chi connectivity index (χ0n) is 20.5. The maximum absolute atomic E-state index is 10.7. The van der Waals surface area contributed by atoms with Crippen LogP contribution in [0.25, 0.3) is 21.9 Å². The summed E-state index contributed by atoms with van der Waals surface area (Å²) >= 11 is 0. The van der Waals surface area contributed by atoms with Gasteiger partial charge < -0.3 is 8.39 Å². The van der Waals surface area contributed by atoms with Crippen LogP contribution in [0.15, 0.2) is 32.7 Å². The minimum atomic E-state index is -2.00. The van der Waals surface area contributed by atoms with Gasteiger partial charge in [-0.05, 0) is 85.8 Å². The number of unbranched alkanes of at least 4 members (excludes halogenated alkanes) is 4. The molecule has 0 spiro atoms. The maximum atomic E-state index is 10.7. The van der Waals surface area contributed by atoms with E-state index in [9.17, 15) is 4.89 Å². The smallest absolute Gasteiger partial charge is 0.384 e. The van der Waals surface area contributed by atoms with Gasteiger partial charge in [0.25, 0.3) is 0 Å². The van der Waals surface area contributed by atoms with Crippen LogP contribution in [0.3, 0.4) is 0 Å². The molecule has 0 aliphatic rings. The minimum Gasteiger partial charge on any atom is -0.399 e. The highest BCUT2D eigenvalue weighted by Gasteiger charge is 2.15. The molecule has 0 amide bonds. The van der Waals surface area contributed by atoms with Gasteiger partial charge in [0, 0.05) is 10.8 Å². The Morgan fingerprint density at radius 2 is 0.969 bits per heavy atom. The third-order valence-corrected chi connectivity index (χ3v) is 7.00. The molecule has 0 saturated carbocycles. The summed E-state index contributed by atoms with van der Waals surface area (Å²) in [4.78, 5) is 10.7. The molecule has 1 heterocycles. The van der Waals surface area contributed by atoms with E-state index in [0.29, 0.717) is 0 Å². The van der Waals surface area contributed by atoms with Crippen molar-refractivity contribution >= 4 is 30.2 Å². The van der Waals surface area contributed by atoms with E-state index in [-0.39, 0.29) is 0 Å². The molecule has 2 aromatic carbocycles. The molecule has 1 N–H and O–H groups in total. The second-order valence-electron chi connectivity index (χ2n) is 9.10. The van der Waals surface area contributed by atoms with Gasteiger partial charge in [0.1, 0.15) is 11.2 Å². The second-order valence-corrected chi connectivity index (χ2v) is 9.94. The number of hydrogen-bond acceptors (Lipinski definition) is 3. The first-order chi connectivity index (χ1) is 15.6. The topological polar surface area (TPSA) is 46.5 Å². The van der Waals surface area contributed by atoms with Gasteiger partial charge in [-0.3, -0.25) is 4.89 Å². The first-order valence-electron chi connectivity index (χ1n) is 12.8. The molecule has 0 aliphatic carbocycles. The Hall–Kier alpha value is -1.70. The summed E-state index contributed by atoms with van der Waals surface area (Å²) in [6.07, 6.45) is 13.3. The Balaban J connectivity index is 2.36. The van der Waals surface area contributed by atoms with Crippen LogP contribution in [0, 0.1) is 0 Å². The normalized spacial score (nSPS) is 11.5. The minimum absolute atomic E-state index is 0.833. The average molecular weight is 457 g/mol. The van der Waals surface area contributed by atoms with E-state index in [2.05, 4.69) is 52.0 Å². The van der Waals surface area contributed by atoms with Crippen LogP contribution in [-0.2, 0) is 25.7 Å². The van der Waals surface area contributed by atoms with Crippen LogP contribution in [0.1, 0.15) is 101 Å². The van der Waals surface area contributed by atoms with Crippen molar-refractivity contribution in [1.29, 1.82) is 0 Å². The predicted molar refractivity (Wildman–Crippen MR) is 138 cm³/mol. The second kappa shape index (κ2) is 12.5. The fourth-order valence-corrected chi connectivity index (χ4v) is 5.24. The van der Waals surface area contributed by atoms with Crippen LogP contribution in [0.4, 0.5) is 0 Å². The molecule has 3 aromatic rings. The highest BCUT2D eigenvalue weighted by molar-refractivity contribution is 7.30. The van der Waals surface area contributed by atoms with E-state index in [0.717, 1.165) is 73.3 Å². The molecule has 32 heavy (non-hydrogen) atoms. The predicted octanol–water partition coefficient (Wildman–Crippen LogP) is 9.42. The van der Waals surface area contributed by atoms with Gasteiger partial charge in [0.05, 0.1) is 0 Å². The van der Waals surface area contributed by atoms with Gasteiger partial charge in [-0.1, -0.05) is 65.5 Å².